The summed E-state index contributed by atoms with van der Waals surface area (Å²) in [4.78, 5) is 11.4. The third-order valence-corrected chi connectivity index (χ3v) is 5.19. The minimum atomic E-state index is -3.87. The van der Waals surface area contributed by atoms with Gasteiger partial charge in [0.2, 0.25) is 0 Å². The van der Waals surface area contributed by atoms with Crippen LogP contribution in [0.15, 0.2) is 41.3 Å². The maximum Gasteiger partial charge on any atom is 0.337 e. The molecule has 2 aromatic carbocycles. The Balaban J connectivity index is 2.43. The van der Waals surface area contributed by atoms with Crippen LogP contribution in [-0.4, -0.2) is 21.5 Å². The first-order valence-corrected chi connectivity index (χ1v) is 8.59. The van der Waals surface area contributed by atoms with Crippen LogP contribution in [0.4, 0.5) is 5.69 Å². The number of ether oxygens (including phenoxy) is 1. The number of nitrogens with one attached hydrogen (secondary N) is 1. The largest absolute Gasteiger partial charge is 0.465 e. The third kappa shape index (κ3) is 3.65. The van der Waals surface area contributed by atoms with Gasteiger partial charge in [-0.3, -0.25) is 4.72 Å². The predicted octanol–water partition coefficient (Wildman–Crippen LogP) is 3.54. The zero-order chi connectivity index (χ0) is 17.2. The molecule has 0 heterocycles. The van der Waals surface area contributed by atoms with E-state index in [2.05, 4.69) is 9.46 Å². The van der Waals surface area contributed by atoms with E-state index in [1.165, 1.54) is 25.3 Å². The average molecular weight is 354 g/mol. The van der Waals surface area contributed by atoms with Crippen molar-refractivity contribution < 1.29 is 17.9 Å². The van der Waals surface area contributed by atoms with Crippen LogP contribution in [-0.2, 0) is 14.8 Å². The molecule has 0 fully saturated rings. The van der Waals surface area contributed by atoms with Gasteiger partial charge >= 0.3 is 5.97 Å². The number of halogens is 1. The molecule has 2 rings (SSSR count). The Labute approximate surface area is 140 Å². The quantitative estimate of drug-likeness (QED) is 0.853. The van der Waals surface area contributed by atoms with E-state index in [1.54, 1.807) is 0 Å². The minimum absolute atomic E-state index is 0.0494. The van der Waals surface area contributed by atoms with Crippen LogP contribution in [0.25, 0.3) is 0 Å². The van der Waals surface area contributed by atoms with E-state index in [9.17, 15) is 13.2 Å². The lowest BCUT2D eigenvalue weighted by atomic mass is 10.1. The van der Waals surface area contributed by atoms with Crippen molar-refractivity contribution in [2.75, 3.05) is 11.8 Å². The van der Waals surface area contributed by atoms with Crippen molar-refractivity contribution in [3.8, 4) is 0 Å². The lowest BCUT2D eigenvalue weighted by molar-refractivity contribution is 0.0600. The summed E-state index contributed by atoms with van der Waals surface area (Å²) in [6.45, 7) is 3.62. The molecule has 0 spiro atoms. The van der Waals surface area contributed by atoms with E-state index in [0.717, 1.165) is 11.1 Å². The molecule has 0 aliphatic heterocycles. The summed E-state index contributed by atoms with van der Waals surface area (Å²) in [6, 6.07) is 9.38. The molecule has 0 bridgehead atoms. The van der Waals surface area contributed by atoms with Gasteiger partial charge in [-0.25, -0.2) is 13.2 Å². The zero-order valence-electron chi connectivity index (χ0n) is 12.9. The van der Waals surface area contributed by atoms with Crippen LogP contribution >= 0.6 is 11.6 Å². The Kier molecular flexibility index (Phi) is 4.97. The number of hydrogen-bond donors (Lipinski definition) is 1. The molecule has 122 valence electrons. The second-order valence-corrected chi connectivity index (χ2v) is 7.07. The number of rotatable bonds is 4. The molecule has 7 heteroatoms. The first-order chi connectivity index (χ1) is 10.8. The maximum absolute atomic E-state index is 12.6. The molecule has 1 N–H and O–H groups in total. The van der Waals surface area contributed by atoms with E-state index >= 15 is 0 Å². The zero-order valence-corrected chi connectivity index (χ0v) is 14.5. The van der Waals surface area contributed by atoms with E-state index in [-0.39, 0.29) is 15.5 Å². The van der Waals surface area contributed by atoms with Crippen molar-refractivity contribution in [2.45, 2.75) is 18.7 Å². The smallest absolute Gasteiger partial charge is 0.337 e. The Morgan fingerprint density at radius 2 is 1.74 bits per heavy atom. The van der Waals surface area contributed by atoms with Crippen molar-refractivity contribution in [3.05, 3.63) is 58.1 Å². The highest BCUT2D eigenvalue weighted by Crippen LogP contribution is 2.28. The number of esters is 1. The first-order valence-electron chi connectivity index (χ1n) is 6.73. The van der Waals surface area contributed by atoms with E-state index in [0.29, 0.717) is 5.69 Å². The molecule has 0 radical (unpaired) electrons. The molecular formula is C16H16ClNO4S. The fraction of sp³-hybridized carbons (Fsp3) is 0.188. The Hall–Kier alpha value is -2.05. The molecular weight excluding hydrogens is 338 g/mol. The van der Waals surface area contributed by atoms with Gasteiger partial charge in [0.15, 0.2) is 0 Å². The molecule has 0 amide bonds. The Morgan fingerprint density at radius 3 is 2.26 bits per heavy atom. The summed E-state index contributed by atoms with van der Waals surface area (Å²) in [6.07, 6.45) is 0. The fourth-order valence-corrected chi connectivity index (χ4v) is 3.88. The number of carbonyl (C=O) groups excluding carboxylic acids is 1. The summed E-state index contributed by atoms with van der Waals surface area (Å²) in [5, 5.41) is -0.0494. The molecule has 0 atom stereocenters. The molecule has 0 saturated carbocycles. The van der Waals surface area contributed by atoms with Crippen molar-refractivity contribution >= 4 is 33.3 Å². The van der Waals surface area contributed by atoms with Gasteiger partial charge in [-0.15, -0.1) is 0 Å². The van der Waals surface area contributed by atoms with Crippen molar-refractivity contribution in [1.82, 2.24) is 0 Å². The van der Waals surface area contributed by atoms with Crippen LogP contribution in [0.5, 0.6) is 0 Å². The number of para-hydroxylation sites is 1. The molecule has 0 aliphatic carbocycles. The van der Waals surface area contributed by atoms with Crippen LogP contribution in [0.1, 0.15) is 21.5 Å². The second-order valence-electron chi connectivity index (χ2n) is 5.01. The third-order valence-electron chi connectivity index (χ3n) is 3.36. The van der Waals surface area contributed by atoms with Gasteiger partial charge in [-0.05, 0) is 43.2 Å². The molecule has 23 heavy (non-hydrogen) atoms. The predicted molar refractivity (Wildman–Crippen MR) is 89.5 cm³/mol. The van der Waals surface area contributed by atoms with Gasteiger partial charge < -0.3 is 4.74 Å². The van der Waals surface area contributed by atoms with Crippen LogP contribution in [0.2, 0.25) is 5.02 Å². The molecule has 5 nitrogen and oxygen atoms in total. The standard InChI is InChI=1S/C16H16ClNO4S/c1-10-5-4-6-11(2)15(10)18-23(20,21)14-8-7-12(9-13(14)17)16(19)22-3/h4-9,18H,1-3H3. The number of sulfonamides is 1. The van der Waals surface area contributed by atoms with Gasteiger partial charge in [0.05, 0.1) is 23.4 Å². The maximum atomic E-state index is 12.6. The fourth-order valence-electron chi connectivity index (χ4n) is 2.13. The highest BCUT2D eigenvalue weighted by atomic mass is 35.5. The van der Waals surface area contributed by atoms with Gasteiger partial charge in [0, 0.05) is 0 Å². The Morgan fingerprint density at radius 1 is 1.13 bits per heavy atom. The number of anilines is 1. The minimum Gasteiger partial charge on any atom is -0.465 e. The van der Waals surface area contributed by atoms with E-state index in [1.807, 2.05) is 32.0 Å². The van der Waals surface area contributed by atoms with Gasteiger partial charge in [-0.1, -0.05) is 29.8 Å². The highest BCUT2D eigenvalue weighted by molar-refractivity contribution is 7.92. The molecule has 0 saturated heterocycles. The number of methoxy groups -OCH3 is 1. The molecule has 0 aromatic heterocycles. The van der Waals surface area contributed by atoms with E-state index in [4.69, 9.17) is 11.6 Å². The van der Waals surface area contributed by atoms with Crippen molar-refractivity contribution in [3.63, 3.8) is 0 Å². The summed E-state index contributed by atoms with van der Waals surface area (Å²) in [7, 11) is -2.63. The lowest BCUT2D eigenvalue weighted by Crippen LogP contribution is -2.15. The topological polar surface area (TPSA) is 72.5 Å². The van der Waals surface area contributed by atoms with Crippen LogP contribution < -0.4 is 4.72 Å². The first kappa shape index (κ1) is 17.3. The Bertz CT molecular complexity index is 842. The average Bonchev–Trinajstić information content (AvgIpc) is 2.50. The summed E-state index contributed by atoms with van der Waals surface area (Å²) < 4.78 is 32.3. The van der Waals surface area contributed by atoms with Gasteiger partial charge in [-0.2, -0.15) is 0 Å². The van der Waals surface area contributed by atoms with Crippen molar-refractivity contribution in [1.29, 1.82) is 0 Å². The lowest BCUT2D eigenvalue weighted by Gasteiger charge is -2.14. The summed E-state index contributed by atoms with van der Waals surface area (Å²) >= 11 is 6.03. The number of hydrogen-bond acceptors (Lipinski definition) is 4. The SMILES string of the molecule is COC(=O)c1ccc(S(=O)(=O)Nc2c(C)cccc2C)c(Cl)c1. The summed E-state index contributed by atoms with van der Waals surface area (Å²) in [5.74, 6) is -0.585. The number of aryl methyl sites for hydroxylation is 2. The molecule has 2 aromatic rings. The van der Waals surface area contributed by atoms with E-state index < -0.39 is 16.0 Å². The molecule has 0 aliphatic rings. The number of benzene rings is 2. The molecule has 0 unspecified atom stereocenters. The van der Waals surface area contributed by atoms with Crippen molar-refractivity contribution in [2.24, 2.45) is 0 Å². The monoisotopic (exact) mass is 353 g/mol. The summed E-state index contributed by atoms with van der Waals surface area (Å²) in [5.41, 5.74) is 2.30. The van der Waals surface area contributed by atoms with Crippen LogP contribution in [0, 0.1) is 13.8 Å². The van der Waals surface area contributed by atoms with Gasteiger partial charge in [0.25, 0.3) is 10.0 Å². The van der Waals surface area contributed by atoms with Gasteiger partial charge in [0.1, 0.15) is 4.90 Å². The second kappa shape index (κ2) is 6.60. The highest BCUT2D eigenvalue weighted by Gasteiger charge is 2.21. The number of carbonyl (C=O) groups is 1. The van der Waals surface area contributed by atoms with Crippen LogP contribution in [0.3, 0.4) is 0 Å². The normalized spacial score (nSPS) is 11.1.